The molecule has 0 saturated heterocycles. The van der Waals surface area contributed by atoms with Crippen LogP contribution in [0.2, 0.25) is 0 Å². The van der Waals surface area contributed by atoms with Gasteiger partial charge < -0.3 is 21.3 Å². The van der Waals surface area contributed by atoms with Crippen LogP contribution in [0.5, 0.6) is 0 Å². The first-order valence-electron chi connectivity index (χ1n) is 9.56. The van der Waals surface area contributed by atoms with Crippen LogP contribution >= 0.6 is 11.3 Å². The van der Waals surface area contributed by atoms with Crippen LogP contribution in [0, 0.1) is 10.1 Å². The molecule has 0 aliphatic carbocycles. The molecule has 10 heteroatoms. The molecule has 1 aliphatic heterocycles. The molecule has 1 aromatic heterocycles. The van der Waals surface area contributed by atoms with E-state index in [1.165, 1.54) is 11.3 Å². The van der Waals surface area contributed by atoms with Gasteiger partial charge in [0.05, 0.1) is 28.5 Å². The average Bonchev–Trinajstić information content (AvgIpc) is 3.19. The fourth-order valence-corrected chi connectivity index (χ4v) is 4.27. The van der Waals surface area contributed by atoms with Gasteiger partial charge in [-0.05, 0) is 24.3 Å². The van der Waals surface area contributed by atoms with Gasteiger partial charge in [-0.15, -0.1) is 11.3 Å². The number of thiazole rings is 1. The lowest BCUT2D eigenvalue weighted by Gasteiger charge is -2.29. The van der Waals surface area contributed by atoms with Crippen LogP contribution in [-0.4, -0.2) is 27.3 Å². The van der Waals surface area contributed by atoms with Crippen molar-refractivity contribution in [1.82, 2.24) is 9.88 Å². The highest BCUT2D eigenvalue weighted by molar-refractivity contribution is 7.13. The number of hydrogen-bond acceptors (Lipinski definition) is 8. The number of nitrogens with one attached hydrogen (secondary N) is 2. The Kier molecular flexibility index (Phi) is 5.80. The predicted molar refractivity (Wildman–Crippen MR) is 120 cm³/mol. The molecule has 9 nitrogen and oxygen atoms in total. The third kappa shape index (κ3) is 4.81. The number of nitrogens with two attached hydrogens (primary N) is 1. The highest BCUT2D eigenvalue weighted by atomic mass is 32.1. The van der Waals surface area contributed by atoms with Crippen molar-refractivity contribution in [1.29, 1.82) is 0 Å². The molecule has 2 aromatic carbocycles. The maximum Gasteiger partial charge on any atom is 0.284 e. The third-order valence-electron chi connectivity index (χ3n) is 4.75. The van der Waals surface area contributed by atoms with E-state index >= 15 is 0 Å². The van der Waals surface area contributed by atoms with Crippen molar-refractivity contribution in [2.45, 2.75) is 13.0 Å². The van der Waals surface area contributed by atoms with E-state index in [4.69, 9.17) is 5.73 Å². The van der Waals surface area contributed by atoms with Crippen LogP contribution in [-0.2, 0) is 13.0 Å². The first-order chi connectivity index (χ1) is 15.0. The van der Waals surface area contributed by atoms with Crippen molar-refractivity contribution in [2.24, 2.45) is 0 Å². The molecule has 0 saturated carbocycles. The monoisotopic (exact) mass is 436 g/mol. The molecule has 1 amide bonds. The number of nitrogen functional groups attached to an aromatic ring is 1. The van der Waals surface area contributed by atoms with Crippen LogP contribution in [0.4, 0.5) is 17.1 Å². The average molecular weight is 436 g/mol. The summed E-state index contributed by atoms with van der Waals surface area (Å²) in [5.41, 5.74) is 8.50. The van der Waals surface area contributed by atoms with Crippen molar-refractivity contribution in [3.8, 4) is 0 Å². The Bertz CT molecular complexity index is 1150. The van der Waals surface area contributed by atoms with Crippen molar-refractivity contribution in [2.75, 3.05) is 22.9 Å². The van der Waals surface area contributed by atoms with Crippen molar-refractivity contribution in [3.05, 3.63) is 92.3 Å². The fraction of sp³-hybridized carbons (Fsp3) is 0.143. The molecule has 2 heterocycles. The molecule has 0 spiro atoms. The Labute approximate surface area is 182 Å². The Morgan fingerprint density at radius 1 is 1.16 bits per heavy atom. The van der Waals surface area contributed by atoms with Crippen molar-refractivity contribution < 1.29 is 9.72 Å². The van der Waals surface area contributed by atoms with Gasteiger partial charge in [0, 0.05) is 23.5 Å². The Hall–Kier alpha value is -3.92. The van der Waals surface area contributed by atoms with Crippen LogP contribution in [0.15, 0.2) is 66.6 Å². The van der Waals surface area contributed by atoms with Gasteiger partial charge in [-0.3, -0.25) is 14.9 Å². The zero-order valence-corrected chi connectivity index (χ0v) is 17.3. The summed E-state index contributed by atoms with van der Waals surface area (Å²) in [4.78, 5) is 30.6. The smallest absolute Gasteiger partial charge is 0.284 e. The Morgan fingerprint density at radius 3 is 2.65 bits per heavy atom. The van der Waals surface area contributed by atoms with Gasteiger partial charge in [0.25, 0.3) is 12.1 Å². The van der Waals surface area contributed by atoms with E-state index in [2.05, 4.69) is 15.6 Å². The number of carbonyl (C=O) groups is 1. The first kappa shape index (κ1) is 20.4. The van der Waals surface area contributed by atoms with Crippen LogP contribution < -0.4 is 16.4 Å². The second-order valence-electron chi connectivity index (χ2n) is 6.89. The molecule has 158 valence electrons. The summed E-state index contributed by atoms with van der Waals surface area (Å²) in [6.07, 6.45) is 1.54. The number of amides is 1. The molecular weight excluding hydrogens is 416 g/mol. The lowest BCUT2D eigenvalue weighted by atomic mass is 10.2. The van der Waals surface area contributed by atoms with E-state index in [0.29, 0.717) is 41.7 Å². The minimum absolute atomic E-state index is 0.327. The normalized spacial score (nSPS) is 13.4. The largest absolute Gasteiger partial charge is 0.397 e. The fourth-order valence-electron chi connectivity index (χ4n) is 3.25. The topological polar surface area (TPSA) is 126 Å². The highest BCUT2D eigenvalue weighted by Gasteiger charge is 2.26. The Balaban J connectivity index is 1.51. The van der Waals surface area contributed by atoms with Crippen LogP contribution in [0.25, 0.3) is 0 Å². The maximum absolute atomic E-state index is 12.6. The molecule has 1 aliphatic rings. The van der Waals surface area contributed by atoms with Gasteiger partial charge in [-0.1, -0.05) is 30.3 Å². The van der Waals surface area contributed by atoms with Crippen molar-refractivity contribution in [3.63, 3.8) is 0 Å². The maximum atomic E-state index is 12.6. The van der Waals surface area contributed by atoms with Gasteiger partial charge >= 0.3 is 0 Å². The summed E-state index contributed by atoms with van der Waals surface area (Å²) in [6, 6.07) is 16.3. The standard InChI is InChI=1S/C21H20N6O3S/c22-15-8-4-5-9-16(15)24-20(28)21-25-17-10-11-26(12-18(17)31-21)19(13-27(29)30)23-14-6-2-1-3-7-14/h1-9,13,23H,10-12,22H2,(H,24,28)/b19-13-. The van der Waals surface area contributed by atoms with E-state index < -0.39 is 4.92 Å². The van der Waals surface area contributed by atoms with Gasteiger partial charge in [-0.25, -0.2) is 4.98 Å². The van der Waals surface area contributed by atoms with Gasteiger partial charge in [0.2, 0.25) is 0 Å². The van der Waals surface area contributed by atoms with Gasteiger partial charge in [0.15, 0.2) is 10.8 Å². The summed E-state index contributed by atoms with van der Waals surface area (Å²) >= 11 is 1.28. The molecule has 0 radical (unpaired) electrons. The number of anilines is 3. The minimum Gasteiger partial charge on any atom is -0.397 e. The lowest BCUT2D eigenvalue weighted by Crippen LogP contribution is -2.33. The SMILES string of the molecule is Nc1ccccc1NC(=O)c1nc2c(s1)CN(/C(=C\[N+](=O)[O-])Nc1ccccc1)CC2. The first-order valence-corrected chi connectivity index (χ1v) is 10.4. The number of carbonyl (C=O) groups excluding carboxylic acids is 1. The van der Waals surface area contributed by atoms with E-state index in [1.807, 2.05) is 35.2 Å². The van der Waals surface area contributed by atoms with E-state index in [-0.39, 0.29) is 5.91 Å². The molecule has 4 N–H and O–H groups in total. The number of rotatable bonds is 6. The second kappa shape index (κ2) is 8.84. The number of nitrogens with zero attached hydrogens (tertiary/aromatic N) is 3. The zero-order chi connectivity index (χ0) is 21.8. The summed E-state index contributed by atoms with van der Waals surface area (Å²) in [6.45, 7) is 0.968. The summed E-state index contributed by atoms with van der Waals surface area (Å²) in [5, 5.41) is 17.4. The molecule has 31 heavy (non-hydrogen) atoms. The van der Waals surface area contributed by atoms with Crippen LogP contribution in [0.1, 0.15) is 20.4 Å². The van der Waals surface area contributed by atoms with E-state index in [0.717, 1.165) is 22.5 Å². The molecule has 4 rings (SSSR count). The molecule has 3 aromatic rings. The molecular formula is C21H20N6O3S. The number of benzene rings is 2. The van der Waals surface area contributed by atoms with E-state index in [9.17, 15) is 14.9 Å². The predicted octanol–water partition coefficient (Wildman–Crippen LogP) is 3.52. The highest BCUT2D eigenvalue weighted by Crippen LogP contribution is 2.28. The van der Waals surface area contributed by atoms with Crippen LogP contribution in [0.3, 0.4) is 0 Å². The number of para-hydroxylation sites is 3. The quantitative estimate of drug-likeness (QED) is 0.306. The zero-order valence-electron chi connectivity index (χ0n) is 16.4. The number of nitro groups is 1. The van der Waals surface area contributed by atoms with Gasteiger partial charge in [0.1, 0.15) is 0 Å². The summed E-state index contributed by atoms with van der Waals surface area (Å²) < 4.78 is 0. The number of aromatic nitrogens is 1. The lowest BCUT2D eigenvalue weighted by molar-refractivity contribution is -0.404. The molecule has 0 fully saturated rings. The number of hydrogen-bond donors (Lipinski definition) is 3. The van der Waals surface area contributed by atoms with Crippen molar-refractivity contribution >= 4 is 34.3 Å². The molecule has 0 atom stereocenters. The van der Waals surface area contributed by atoms with Gasteiger partial charge in [-0.2, -0.15) is 0 Å². The molecule has 0 bridgehead atoms. The minimum atomic E-state index is -0.476. The number of fused-ring (bicyclic) bond motifs is 1. The molecule has 0 unspecified atom stereocenters. The second-order valence-corrected chi connectivity index (χ2v) is 7.98. The van der Waals surface area contributed by atoms with E-state index in [1.54, 1.807) is 24.3 Å². The Morgan fingerprint density at radius 2 is 1.90 bits per heavy atom. The summed E-state index contributed by atoms with van der Waals surface area (Å²) in [7, 11) is 0. The summed E-state index contributed by atoms with van der Waals surface area (Å²) in [5.74, 6) is 0.0608. The third-order valence-corrected chi connectivity index (χ3v) is 5.83.